The van der Waals surface area contributed by atoms with Crippen molar-refractivity contribution < 1.29 is 0 Å². The van der Waals surface area contributed by atoms with Gasteiger partial charge in [0, 0.05) is 6.54 Å². The van der Waals surface area contributed by atoms with Gasteiger partial charge in [0.2, 0.25) is 0 Å². The van der Waals surface area contributed by atoms with Gasteiger partial charge in [0.1, 0.15) is 0 Å². The lowest BCUT2D eigenvalue weighted by atomic mass is 10.0. The third-order valence-electron chi connectivity index (χ3n) is 4.24. The summed E-state index contributed by atoms with van der Waals surface area (Å²) in [5.74, 6) is 0. The van der Waals surface area contributed by atoms with E-state index >= 15 is 0 Å². The summed E-state index contributed by atoms with van der Waals surface area (Å²) in [4.78, 5) is 4.91. The van der Waals surface area contributed by atoms with Crippen LogP contribution in [-0.2, 0) is 0 Å². The van der Waals surface area contributed by atoms with Gasteiger partial charge in [0.05, 0.1) is 24.1 Å². The third-order valence-corrected chi connectivity index (χ3v) is 4.24. The molecule has 110 valence electrons. The molecule has 2 aromatic carbocycles. The van der Waals surface area contributed by atoms with Crippen LogP contribution < -0.4 is 15.5 Å². The number of hydrogen-bond donors (Lipinski definition) is 1. The average Bonchev–Trinajstić information content (AvgIpc) is 2.92. The molecule has 0 aliphatic carbocycles. The highest BCUT2D eigenvalue weighted by Crippen LogP contribution is 2.41. The Hall–Kier alpha value is -2.00. The van der Waals surface area contributed by atoms with Gasteiger partial charge in [-0.1, -0.05) is 42.5 Å². The molecular formula is C18H23N3. The number of anilines is 2. The standard InChI is InChI=1S/C18H23N3/c1-2-20-14-21(18-11-7-6-10-17(18)20)16(12-13-19)15-8-4-3-5-9-15/h3-11,16H,2,12-14,19H2,1H3. The highest BCUT2D eigenvalue weighted by molar-refractivity contribution is 5.76. The van der Waals surface area contributed by atoms with Crippen molar-refractivity contribution in [1.82, 2.24) is 0 Å². The Bertz CT molecular complexity index is 582. The predicted octanol–water partition coefficient (Wildman–Crippen LogP) is 3.38. The van der Waals surface area contributed by atoms with E-state index in [4.69, 9.17) is 5.73 Å². The summed E-state index contributed by atoms with van der Waals surface area (Å²) in [6, 6.07) is 19.7. The first-order chi connectivity index (χ1) is 10.3. The highest BCUT2D eigenvalue weighted by atomic mass is 15.4. The molecule has 0 saturated heterocycles. The molecule has 0 fully saturated rings. The zero-order valence-electron chi connectivity index (χ0n) is 12.6. The minimum absolute atomic E-state index is 0.342. The number of rotatable bonds is 5. The monoisotopic (exact) mass is 281 g/mol. The van der Waals surface area contributed by atoms with Gasteiger partial charge >= 0.3 is 0 Å². The largest absolute Gasteiger partial charge is 0.352 e. The predicted molar refractivity (Wildman–Crippen MR) is 89.7 cm³/mol. The van der Waals surface area contributed by atoms with Crippen molar-refractivity contribution in [2.45, 2.75) is 19.4 Å². The van der Waals surface area contributed by atoms with E-state index in [0.29, 0.717) is 12.6 Å². The molecule has 0 spiro atoms. The summed E-state index contributed by atoms with van der Waals surface area (Å²) in [5, 5.41) is 0. The lowest BCUT2D eigenvalue weighted by Crippen LogP contribution is -2.34. The van der Waals surface area contributed by atoms with Crippen LogP contribution in [0, 0.1) is 0 Å². The van der Waals surface area contributed by atoms with Crippen LogP contribution in [0.2, 0.25) is 0 Å². The second-order valence-electron chi connectivity index (χ2n) is 5.46. The minimum Gasteiger partial charge on any atom is -0.352 e. The van der Waals surface area contributed by atoms with Crippen molar-refractivity contribution in [3.63, 3.8) is 0 Å². The highest BCUT2D eigenvalue weighted by Gasteiger charge is 2.30. The summed E-state index contributed by atoms with van der Waals surface area (Å²) < 4.78 is 0. The Morgan fingerprint density at radius 3 is 2.33 bits per heavy atom. The molecule has 0 aromatic heterocycles. The van der Waals surface area contributed by atoms with Crippen molar-refractivity contribution >= 4 is 11.4 Å². The van der Waals surface area contributed by atoms with Crippen molar-refractivity contribution in [1.29, 1.82) is 0 Å². The minimum atomic E-state index is 0.342. The van der Waals surface area contributed by atoms with E-state index in [0.717, 1.165) is 19.6 Å². The van der Waals surface area contributed by atoms with Crippen LogP contribution in [0.5, 0.6) is 0 Å². The molecule has 0 radical (unpaired) electrons. The Morgan fingerprint density at radius 2 is 1.67 bits per heavy atom. The Balaban J connectivity index is 1.98. The number of para-hydroxylation sites is 2. The van der Waals surface area contributed by atoms with Crippen LogP contribution in [-0.4, -0.2) is 19.8 Å². The SMILES string of the molecule is CCN1CN(C(CCN)c2ccccc2)c2ccccc21. The van der Waals surface area contributed by atoms with Crippen molar-refractivity contribution in [3.8, 4) is 0 Å². The quantitative estimate of drug-likeness (QED) is 0.912. The number of fused-ring (bicyclic) bond motifs is 1. The van der Waals surface area contributed by atoms with Crippen LogP contribution >= 0.6 is 0 Å². The number of benzene rings is 2. The van der Waals surface area contributed by atoms with E-state index in [9.17, 15) is 0 Å². The number of hydrogen-bond acceptors (Lipinski definition) is 3. The Morgan fingerprint density at radius 1 is 1.00 bits per heavy atom. The van der Waals surface area contributed by atoms with Crippen LogP contribution in [0.25, 0.3) is 0 Å². The van der Waals surface area contributed by atoms with Crippen LogP contribution in [0.3, 0.4) is 0 Å². The fraction of sp³-hybridized carbons (Fsp3) is 0.333. The number of nitrogens with zero attached hydrogens (tertiary/aromatic N) is 2. The maximum absolute atomic E-state index is 5.88. The van der Waals surface area contributed by atoms with Gasteiger partial charge < -0.3 is 15.5 Å². The maximum atomic E-state index is 5.88. The summed E-state index contributed by atoms with van der Waals surface area (Å²) >= 11 is 0. The zero-order chi connectivity index (χ0) is 14.7. The summed E-state index contributed by atoms with van der Waals surface area (Å²) in [5.41, 5.74) is 9.88. The fourth-order valence-electron chi connectivity index (χ4n) is 3.18. The van der Waals surface area contributed by atoms with E-state index in [1.54, 1.807) is 0 Å². The third kappa shape index (κ3) is 2.61. The number of nitrogens with two attached hydrogens (primary N) is 1. The molecule has 21 heavy (non-hydrogen) atoms. The van der Waals surface area contributed by atoms with E-state index < -0.39 is 0 Å². The first-order valence-corrected chi connectivity index (χ1v) is 7.70. The first-order valence-electron chi connectivity index (χ1n) is 7.70. The second-order valence-corrected chi connectivity index (χ2v) is 5.46. The van der Waals surface area contributed by atoms with E-state index in [-0.39, 0.29) is 0 Å². The normalized spacial score (nSPS) is 15.1. The molecule has 0 amide bonds. The van der Waals surface area contributed by atoms with E-state index in [1.165, 1.54) is 16.9 Å². The van der Waals surface area contributed by atoms with Crippen LogP contribution in [0.1, 0.15) is 24.9 Å². The summed E-state index contributed by atoms with van der Waals surface area (Å²) in [6.07, 6.45) is 0.968. The van der Waals surface area contributed by atoms with Crippen LogP contribution in [0.4, 0.5) is 11.4 Å². The van der Waals surface area contributed by atoms with E-state index in [2.05, 4.69) is 71.3 Å². The zero-order valence-corrected chi connectivity index (χ0v) is 12.6. The molecule has 3 heteroatoms. The van der Waals surface area contributed by atoms with E-state index in [1.807, 2.05) is 0 Å². The molecule has 1 atom stereocenters. The molecular weight excluding hydrogens is 258 g/mol. The summed E-state index contributed by atoms with van der Waals surface area (Å²) in [6.45, 7) is 4.87. The van der Waals surface area contributed by atoms with Gasteiger partial charge in [0.25, 0.3) is 0 Å². The maximum Gasteiger partial charge on any atom is 0.0910 e. The molecule has 1 aliphatic rings. The van der Waals surface area contributed by atoms with Gasteiger partial charge in [-0.2, -0.15) is 0 Å². The van der Waals surface area contributed by atoms with Crippen molar-refractivity contribution in [3.05, 3.63) is 60.2 Å². The Labute approximate surface area is 127 Å². The fourth-order valence-corrected chi connectivity index (χ4v) is 3.18. The van der Waals surface area contributed by atoms with Crippen molar-refractivity contribution in [2.24, 2.45) is 5.73 Å². The molecule has 1 heterocycles. The molecule has 1 unspecified atom stereocenters. The smallest absolute Gasteiger partial charge is 0.0910 e. The lowest BCUT2D eigenvalue weighted by molar-refractivity contribution is 0.589. The molecule has 3 rings (SSSR count). The van der Waals surface area contributed by atoms with Gasteiger partial charge in [-0.3, -0.25) is 0 Å². The first kappa shape index (κ1) is 14.0. The molecule has 0 bridgehead atoms. The molecule has 2 aromatic rings. The summed E-state index contributed by atoms with van der Waals surface area (Å²) in [7, 11) is 0. The molecule has 1 aliphatic heterocycles. The van der Waals surface area contributed by atoms with Gasteiger partial charge in [-0.05, 0) is 37.6 Å². The van der Waals surface area contributed by atoms with Crippen molar-refractivity contribution in [2.75, 3.05) is 29.6 Å². The Kier molecular flexibility index (Phi) is 4.11. The lowest BCUT2D eigenvalue weighted by Gasteiger charge is -2.30. The van der Waals surface area contributed by atoms with Gasteiger partial charge in [-0.25, -0.2) is 0 Å². The second kappa shape index (κ2) is 6.19. The average molecular weight is 281 g/mol. The van der Waals surface area contributed by atoms with Gasteiger partial charge in [-0.15, -0.1) is 0 Å². The van der Waals surface area contributed by atoms with Crippen LogP contribution in [0.15, 0.2) is 54.6 Å². The molecule has 0 saturated carbocycles. The topological polar surface area (TPSA) is 32.5 Å². The van der Waals surface area contributed by atoms with Gasteiger partial charge in [0.15, 0.2) is 0 Å². The molecule has 3 nitrogen and oxygen atoms in total. The molecule has 2 N–H and O–H groups in total.